The molecule has 0 heterocycles. The van der Waals surface area contributed by atoms with Crippen molar-refractivity contribution in [1.29, 1.82) is 5.26 Å². The van der Waals surface area contributed by atoms with Crippen LogP contribution in [0.5, 0.6) is 23.0 Å². The van der Waals surface area contributed by atoms with Gasteiger partial charge in [-0.25, -0.2) is 14.4 Å². The van der Waals surface area contributed by atoms with Crippen molar-refractivity contribution in [2.24, 2.45) is 0 Å². The number of hydrogen-bond acceptors (Lipinski definition) is 13. The molecule has 0 aliphatic heterocycles. The number of nitrogens with one attached hydrogen (secondary N) is 1. The lowest BCUT2D eigenvalue weighted by Crippen LogP contribution is -2.48. The summed E-state index contributed by atoms with van der Waals surface area (Å²) in [6, 6.07) is 14.3. The Kier molecular flexibility index (Phi) is 11.4. The number of carbonyl (C=O) groups excluding carboxylic acids is 5. The molecule has 238 valence electrons. The fourth-order valence-electron chi connectivity index (χ4n) is 3.77. The minimum atomic E-state index is -2.39. The molecule has 0 unspecified atom stereocenters. The first-order valence-electron chi connectivity index (χ1n) is 13.1. The quantitative estimate of drug-likeness (QED) is 0.217. The molecule has 15 nitrogen and oxygen atoms in total. The van der Waals surface area contributed by atoms with E-state index in [4.69, 9.17) is 33.7 Å². The molecule has 2 N–H and O–H groups in total. The number of anilines is 1. The van der Waals surface area contributed by atoms with E-state index in [9.17, 15) is 33.9 Å². The van der Waals surface area contributed by atoms with Gasteiger partial charge in [0, 0.05) is 19.5 Å². The van der Waals surface area contributed by atoms with Gasteiger partial charge < -0.3 is 38.8 Å². The standard InChI is InChI=1S/C31H26N2O13/c1-16(34)43-22-11-7-19(13-24(22)41-3)30(39)45-26(28(36)33-21-9-5-18(15-32)6-10-21)27(29(37)38)46-31(40)20-8-12-23(44-17(2)35)25(14-20)42-4/h5-14,26-27H,1-4H3,(H,33,36)(H,37,38)/t26-,27-/m0/s1. The minimum absolute atomic E-state index is 0.0332. The number of carboxylic acids is 1. The van der Waals surface area contributed by atoms with Gasteiger partial charge in [0.2, 0.25) is 12.2 Å². The highest BCUT2D eigenvalue weighted by Crippen LogP contribution is 2.30. The average molecular weight is 635 g/mol. The maximum Gasteiger partial charge on any atom is 0.349 e. The van der Waals surface area contributed by atoms with E-state index >= 15 is 0 Å². The van der Waals surface area contributed by atoms with E-state index in [0.29, 0.717) is 0 Å². The number of esters is 4. The number of nitrogens with zero attached hydrogens (tertiary/aromatic N) is 1. The Labute approximate surface area is 261 Å². The fraction of sp³-hybridized carbons (Fsp3) is 0.194. The van der Waals surface area contributed by atoms with Gasteiger partial charge in [-0.2, -0.15) is 5.26 Å². The summed E-state index contributed by atoms with van der Waals surface area (Å²) in [5.41, 5.74) is -0.147. The third-order valence-electron chi connectivity index (χ3n) is 5.83. The maximum absolute atomic E-state index is 13.4. The second-order valence-corrected chi connectivity index (χ2v) is 9.09. The zero-order valence-corrected chi connectivity index (χ0v) is 24.7. The predicted octanol–water partition coefficient (Wildman–Crippen LogP) is 2.90. The van der Waals surface area contributed by atoms with E-state index in [2.05, 4.69) is 5.32 Å². The normalized spacial score (nSPS) is 11.5. The van der Waals surface area contributed by atoms with Crippen LogP contribution in [0.4, 0.5) is 5.69 Å². The minimum Gasteiger partial charge on any atom is -0.493 e. The zero-order chi connectivity index (χ0) is 34.0. The van der Waals surface area contributed by atoms with Crippen molar-refractivity contribution in [3.05, 3.63) is 77.4 Å². The summed E-state index contributed by atoms with van der Waals surface area (Å²) in [5.74, 6) is -7.09. The molecule has 3 aromatic carbocycles. The number of hydrogen-bond donors (Lipinski definition) is 2. The third-order valence-corrected chi connectivity index (χ3v) is 5.83. The monoisotopic (exact) mass is 634 g/mol. The number of carbonyl (C=O) groups is 6. The van der Waals surface area contributed by atoms with E-state index in [-0.39, 0.29) is 45.4 Å². The van der Waals surface area contributed by atoms with Gasteiger partial charge in [0.15, 0.2) is 23.0 Å². The molecule has 1 amide bonds. The summed E-state index contributed by atoms with van der Waals surface area (Å²) in [6.45, 7) is 2.30. The Morgan fingerprint density at radius 1 is 0.696 bits per heavy atom. The number of methoxy groups -OCH3 is 2. The third kappa shape index (κ3) is 8.80. The summed E-state index contributed by atoms with van der Waals surface area (Å²) in [7, 11) is 2.47. The maximum atomic E-state index is 13.4. The highest BCUT2D eigenvalue weighted by molar-refractivity contribution is 6.01. The van der Waals surface area contributed by atoms with Gasteiger partial charge >= 0.3 is 29.8 Å². The summed E-state index contributed by atoms with van der Waals surface area (Å²) in [6.07, 6.45) is -4.66. The van der Waals surface area contributed by atoms with E-state index < -0.39 is 48.0 Å². The number of aliphatic carboxylic acids is 1. The Morgan fingerprint density at radius 2 is 1.15 bits per heavy atom. The van der Waals surface area contributed by atoms with Crippen molar-refractivity contribution in [3.63, 3.8) is 0 Å². The van der Waals surface area contributed by atoms with Gasteiger partial charge in [0.05, 0.1) is 37.0 Å². The molecule has 3 rings (SSSR count). The lowest BCUT2D eigenvalue weighted by atomic mass is 10.1. The molecular formula is C31H26N2O13. The van der Waals surface area contributed by atoms with E-state index in [0.717, 1.165) is 38.1 Å². The lowest BCUT2D eigenvalue weighted by Gasteiger charge is -2.24. The van der Waals surface area contributed by atoms with Gasteiger partial charge in [-0.05, 0) is 60.7 Å². The van der Waals surface area contributed by atoms with Crippen LogP contribution in [0, 0.1) is 11.3 Å². The Hall–Kier alpha value is -6.43. The van der Waals surface area contributed by atoms with Crippen LogP contribution in [0.25, 0.3) is 0 Å². The van der Waals surface area contributed by atoms with Crippen LogP contribution in [0.15, 0.2) is 60.7 Å². The molecular weight excluding hydrogens is 608 g/mol. The van der Waals surface area contributed by atoms with E-state index in [1.165, 1.54) is 50.6 Å². The van der Waals surface area contributed by atoms with Crippen molar-refractivity contribution >= 4 is 41.4 Å². The Morgan fingerprint density at radius 3 is 1.54 bits per heavy atom. The van der Waals surface area contributed by atoms with Gasteiger partial charge in [-0.1, -0.05) is 0 Å². The summed E-state index contributed by atoms with van der Waals surface area (Å²) >= 11 is 0. The smallest absolute Gasteiger partial charge is 0.349 e. The number of carboxylic acid groups (broad SMARTS) is 1. The number of ether oxygens (including phenoxy) is 6. The van der Waals surface area contributed by atoms with Crippen LogP contribution in [0.3, 0.4) is 0 Å². The molecule has 46 heavy (non-hydrogen) atoms. The largest absolute Gasteiger partial charge is 0.493 e. The van der Waals surface area contributed by atoms with Crippen LogP contribution in [0.1, 0.15) is 40.1 Å². The second kappa shape index (κ2) is 15.3. The molecule has 3 aromatic rings. The van der Waals surface area contributed by atoms with Crippen LogP contribution in [-0.4, -0.2) is 67.3 Å². The second-order valence-electron chi connectivity index (χ2n) is 9.09. The molecule has 0 aliphatic carbocycles. The molecule has 0 fully saturated rings. The zero-order valence-electron chi connectivity index (χ0n) is 24.7. The molecule has 0 aliphatic rings. The van der Waals surface area contributed by atoms with Crippen molar-refractivity contribution in [1.82, 2.24) is 0 Å². The summed E-state index contributed by atoms with van der Waals surface area (Å²) in [4.78, 5) is 74.8. The van der Waals surface area contributed by atoms with Crippen LogP contribution < -0.4 is 24.3 Å². The van der Waals surface area contributed by atoms with Crippen molar-refractivity contribution in [2.75, 3.05) is 19.5 Å². The van der Waals surface area contributed by atoms with Crippen molar-refractivity contribution in [3.8, 4) is 29.1 Å². The first-order valence-corrected chi connectivity index (χ1v) is 13.1. The van der Waals surface area contributed by atoms with Crippen LogP contribution in [-0.2, 0) is 28.7 Å². The van der Waals surface area contributed by atoms with Gasteiger partial charge in [-0.15, -0.1) is 0 Å². The topological polar surface area (TPSA) is 214 Å². The highest BCUT2D eigenvalue weighted by Gasteiger charge is 2.41. The lowest BCUT2D eigenvalue weighted by molar-refractivity contribution is -0.157. The molecule has 2 atom stereocenters. The highest BCUT2D eigenvalue weighted by atomic mass is 16.6. The van der Waals surface area contributed by atoms with Crippen LogP contribution >= 0.6 is 0 Å². The SMILES string of the molecule is COc1cc(C(=O)O[C@H](C(=O)O)[C@H](OC(=O)c2ccc(OC(C)=O)c(OC)c2)C(=O)Nc2ccc(C#N)cc2)ccc1OC(C)=O. The van der Waals surface area contributed by atoms with E-state index in [1.54, 1.807) is 0 Å². The molecule has 0 radical (unpaired) electrons. The van der Waals surface area contributed by atoms with Crippen LogP contribution in [0.2, 0.25) is 0 Å². The van der Waals surface area contributed by atoms with Crippen molar-refractivity contribution in [2.45, 2.75) is 26.1 Å². The fourth-order valence-corrected chi connectivity index (χ4v) is 3.77. The molecule has 0 saturated carbocycles. The van der Waals surface area contributed by atoms with Gasteiger partial charge in [-0.3, -0.25) is 14.4 Å². The predicted molar refractivity (Wildman–Crippen MR) is 154 cm³/mol. The van der Waals surface area contributed by atoms with Gasteiger partial charge in [0.25, 0.3) is 5.91 Å². The Balaban J connectivity index is 1.97. The molecule has 0 spiro atoms. The summed E-state index contributed by atoms with van der Waals surface area (Å²) < 4.78 is 30.7. The first kappa shape index (κ1) is 34.1. The molecule has 0 bridgehead atoms. The number of rotatable bonds is 12. The van der Waals surface area contributed by atoms with E-state index in [1.807, 2.05) is 6.07 Å². The Bertz CT molecular complexity index is 1710. The molecule has 0 aromatic heterocycles. The van der Waals surface area contributed by atoms with Crippen molar-refractivity contribution < 1.29 is 62.3 Å². The number of amides is 1. The molecule has 0 saturated heterocycles. The number of benzene rings is 3. The number of nitriles is 1. The van der Waals surface area contributed by atoms with Gasteiger partial charge in [0.1, 0.15) is 0 Å². The molecule has 15 heteroatoms. The summed E-state index contributed by atoms with van der Waals surface area (Å²) in [5, 5.41) is 21.4. The average Bonchev–Trinajstić information content (AvgIpc) is 3.02. The first-order chi connectivity index (χ1) is 21.9.